The molecule has 144 valence electrons. The number of carbonyl (C=O) groups is 2. The van der Waals surface area contributed by atoms with Gasteiger partial charge in [-0.3, -0.25) is 9.59 Å². The van der Waals surface area contributed by atoms with Gasteiger partial charge in [-0.1, -0.05) is 12.8 Å². The Morgan fingerprint density at radius 2 is 1.27 bits per heavy atom. The Balaban J connectivity index is 1.34. The third kappa shape index (κ3) is 2.85. The molecule has 2 aliphatic heterocycles. The molecule has 5 aliphatic rings. The Hall–Kier alpha value is -1.14. The van der Waals surface area contributed by atoms with E-state index in [0.717, 1.165) is 51.4 Å². The zero-order chi connectivity index (χ0) is 17.7. The van der Waals surface area contributed by atoms with Crippen molar-refractivity contribution < 1.29 is 28.5 Å². The van der Waals surface area contributed by atoms with E-state index in [9.17, 15) is 9.59 Å². The van der Waals surface area contributed by atoms with Gasteiger partial charge in [0.2, 0.25) is 0 Å². The molecule has 5 fully saturated rings. The molecule has 4 unspecified atom stereocenters. The van der Waals surface area contributed by atoms with E-state index in [2.05, 4.69) is 0 Å². The second kappa shape index (κ2) is 6.48. The molecule has 0 bridgehead atoms. The van der Waals surface area contributed by atoms with Crippen molar-refractivity contribution in [3.63, 3.8) is 0 Å². The standard InChI is InChI=1S/C20H28O6/c21-18(23-12-7-3-1-4-8-12)20(11-14-15(25-14)16-17(20)26-16)19(22)24-13-9-5-2-6-10-13/h12-17H,1-11H2. The summed E-state index contributed by atoms with van der Waals surface area (Å²) in [6.45, 7) is 0. The monoisotopic (exact) mass is 364 g/mol. The lowest BCUT2D eigenvalue weighted by Crippen LogP contribution is -2.52. The van der Waals surface area contributed by atoms with Crippen molar-refractivity contribution in [2.24, 2.45) is 5.41 Å². The molecular formula is C20H28O6. The fourth-order valence-corrected chi connectivity index (χ4v) is 5.17. The average molecular weight is 364 g/mol. The largest absolute Gasteiger partial charge is 0.461 e. The average Bonchev–Trinajstić information content (AvgIpc) is 3.54. The Bertz CT molecular complexity index is 545. The highest BCUT2D eigenvalue weighted by molar-refractivity contribution is 6.02. The van der Waals surface area contributed by atoms with Gasteiger partial charge in [0.25, 0.3) is 0 Å². The van der Waals surface area contributed by atoms with Crippen LogP contribution < -0.4 is 0 Å². The lowest BCUT2D eigenvalue weighted by atomic mass is 9.73. The fraction of sp³-hybridized carbons (Fsp3) is 0.900. The van der Waals surface area contributed by atoms with Gasteiger partial charge in [-0.15, -0.1) is 0 Å². The van der Waals surface area contributed by atoms with Gasteiger partial charge in [-0.2, -0.15) is 0 Å². The second-order valence-corrected chi connectivity index (χ2v) is 8.67. The number of fused-ring (bicyclic) bond motifs is 3. The van der Waals surface area contributed by atoms with E-state index in [1.54, 1.807) is 0 Å². The van der Waals surface area contributed by atoms with E-state index in [0.29, 0.717) is 6.42 Å². The molecule has 3 saturated carbocycles. The van der Waals surface area contributed by atoms with Crippen molar-refractivity contribution in [3.05, 3.63) is 0 Å². The highest BCUT2D eigenvalue weighted by atomic mass is 16.7. The van der Waals surface area contributed by atoms with E-state index >= 15 is 0 Å². The maximum atomic E-state index is 13.2. The van der Waals surface area contributed by atoms with Crippen molar-refractivity contribution in [1.29, 1.82) is 0 Å². The van der Waals surface area contributed by atoms with Crippen LogP contribution in [0.4, 0.5) is 0 Å². The Labute approximate surface area is 153 Å². The van der Waals surface area contributed by atoms with Crippen molar-refractivity contribution in [3.8, 4) is 0 Å². The van der Waals surface area contributed by atoms with E-state index in [4.69, 9.17) is 18.9 Å². The van der Waals surface area contributed by atoms with Crippen LogP contribution in [0.2, 0.25) is 0 Å². The maximum Gasteiger partial charge on any atom is 0.326 e. The van der Waals surface area contributed by atoms with Gasteiger partial charge >= 0.3 is 11.9 Å². The summed E-state index contributed by atoms with van der Waals surface area (Å²) < 4.78 is 23.0. The van der Waals surface area contributed by atoms with Crippen LogP contribution in [0.5, 0.6) is 0 Å². The molecule has 2 saturated heterocycles. The summed E-state index contributed by atoms with van der Waals surface area (Å²) in [7, 11) is 0. The lowest BCUT2D eigenvalue weighted by molar-refractivity contribution is -0.183. The van der Waals surface area contributed by atoms with Gasteiger partial charge < -0.3 is 18.9 Å². The number of hydrogen-bond acceptors (Lipinski definition) is 6. The highest BCUT2D eigenvalue weighted by Gasteiger charge is 2.77. The van der Waals surface area contributed by atoms with Gasteiger partial charge in [0.05, 0.1) is 6.10 Å². The topological polar surface area (TPSA) is 77.7 Å². The number of ether oxygens (including phenoxy) is 4. The first kappa shape index (κ1) is 17.0. The van der Waals surface area contributed by atoms with Gasteiger partial charge in [-0.05, 0) is 51.4 Å². The van der Waals surface area contributed by atoms with Crippen molar-refractivity contribution in [2.45, 2.75) is 107 Å². The van der Waals surface area contributed by atoms with E-state index < -0.39 is 23.5 Å². The first-order valence-electron chi connectivity index (χ1n) is 10.4. The van der Waals surface area contributed by atoms with Crippen molar-refractivity contribution in [1.82, 2.24) is 0 Å². The Morgan fingerprint density at radius 3 is 1.81 bits per heavy atom. The highest BCUT2D eigenvalue weighted by Crippen LogP contribution is 2.58. The van der Waals surface area contributed by atoms with Crippen LogP contribution in [-0.2, 0) is 28.5 Å². The molecule has 26 heavy (non-hydrogen) atoms. The summed E-state index contributed by atoms with van der Waals surface area (Å²) in [4.78, 5) is 26.4. The van der Waals surface area contributed by atoms with Gasteiger partial charge in [0, 0.05) is 6.42 Å². The summed E-state index contributed by atoms with van der Waals surface area (Å²) in [5.41, 5.74) is -1.32. The molecule has 6 nitrogen and oxygen atoms in total. The van der Waals surface area contributed by atoms with Crippen LogP contribution in [0.15, 0.2) is 0 Å². The predicted octanol–water partition coefficient (Wildman–Crippen LogP) is 2.66. The predicted molar refractivity (Wildman–Crippen MR) is 90.3 cm³/mol. The number of esters is 2. The first-order chi connectivity index (χ1) is 12.7. The molecule has 6 heteroatoms. The lowest BCUT2D eigenvalue weighted by Gasteiger charge is -2.33. The number of carbonyl (C=O) groups excluding carboxylic acids is 2. The van der Waals surface area contributed by atoms with Crippen molar-refractivity contribution in [2.75, 3.05) is 0 Å². The molecule has 0 aromatic carbocycles. The minimum atomic E-state index is -1.32. The molecule has 0 aromatic heterocycles. The zero-order valence-electron chi connectivity index (χ0n) is 15.2. The van der Waals surface area contributed by atoms with Crippen LogP contribution in [-0.4, -0.2) is 48.6 Å². The summed E-state index contributed by atoms with van der Waals surface area (Å²) >= 11 is 0. The SMILES string of the molecule is O=C(OC1CCCCC1)C1(C(=O)OC2CCCCC2)CC2OC2C2OC21. The molecular weight excluding hydrogens is 336 g/mol. The maximum absolute atomic E-state index is 13.2. The van der Waals surface area contributed by atoms with E-state index in [-0.39, 0.29) is 30.5 Å². The second-order valence-electron chi connectivity index (χ2n) is 8.67. The molecule has 0 amide bonds. The minimum absolute atomic E-state index is 0.0538. The van der Waals surface area contributed by atoms with Gasteiger partial charge in [0.15, 0.2) is 5.41 Å². The van der Waals surface area contributed by atoms with Crippen LogP contribution in [0.3, 0.4) is 0 Å². The van der Waals surface area contributed by atoms with Crippen molar-refractivity contribution >= 4 is 11.9 Å². The summed E-state index contributed by atoms with van der Waals surface area (Å²) in [6.07, 6.45) is 9.82. The molecule has 0 N–H and O–H groups in total. The molecule has 3 aliphatic carbocycles. The quantitative estimate of drug-likeness (QED) is 0.434. The third-order valence-corrected chi connectivity index (χ3v) is 6.86. The smallest absolute Gasteiger partial charge is 0.326 e. The van der Waals surface area contributed by atoms with Gasteiger partial charge in [0.1, 0.15) is 30.5 Å². The molecule has 0 aromatic rings. The van der Waals surface area contributed by atoms with Crippen LogP contribution in [0.1, 0.15) is 70.6 Å². The molecule has 5 rings (SSSR count). The molecule has 4 atom stereocenters. The minimum Gasteiger partial charge on any atom is -0.461 e. The van der Waals surface area contributed by atoms with Crippen LogP contribution >= 0.6 is 0 Å². The summed E-state index contributed by atoms with van der Waals surface area (Å²) in [6, 6.07) is 0. The first-order valence-corrected chi connectivity index (χ1v) is 10.4. The summed E-state index contributed by atoms with van der Waals surface area (Å²) in [5.74, 6) is -0.877. The summed E-state index contributed by atoms with van der Waals surface area (Å²) in [5, 5.41) is 0. The zero-order valence-corrected chi connectivity index (χ0v) is 15.2. The number of epoxide rings is 2. The van der Waals surface area contributed by atoms with E-state index in [1.807, 2.05) is 0 Å². The Kier molecular flexibility index (Phi) is 4.24. The fourth-order valence-electron chi connectivity index (χ4n) is 5.17. The normalized spacial score (nSPS) is 38.6. The Morgan fingerprint density at radius 1 is 0.731 bits per heavy atom. The number of rotatable bonds is 4. The number of hydrogen-bond donors (Lipinski definition) is 0. The van der Waals surface area contributed by atoms with E-state index in [1.165, 1.54) is 12.8 Å². The van der Waals surface area contributed by atoms with Gasteiger partial charge in [-0.25, -0.2) is 0 Å². The third-order valence-electron chi connectivity index (χ3n) is 6.86. The molecule has 0 radical (unpaired) electrons. The molecule has 0 spiro atoms. The van der Waals surface area contributed by atoms with Crippen LogP contribution in [0.25, 0.3) is 0 Å². The van der Waals surface area contributed by atoms with Crippen LogP contribution in [0, 0.1) is 5.41 Å². The molecule has 2 heterocycles.